The molecule has 0 amide bonds. The van der Waals surface area contributed by atoms with Crippen LogP contribution in [0.4, 0.5) is 0 Å². The lowest BCUT2D eigenvalue weighted by atomic mass is 9.71. The van der Waals surface area contributed by atoms with E-state index in [1.54, 1.807) is 48.5 Å². The van der Waals surface area contributed by atoms with Crippen LogP contribution in [-0.4, -0.2) is 22.6 Å². The maximum absolute atomic E-state index is 13.2. The molecule has 3 atom stereocenters. The van der Waals surface area contributed by atoms with Crippen LogP contribution in [0.15, 0.2) is 48.5 Å². The van der Waals surface area contributed by atoms with Gasteiger partial charge in [-0.15, -0.1) is 0 Å². The van der Waals surface area contributed by atoms with Crippen molar-refractivity contribution in [3.8, 4) is 0 Å². The monoisotopic (exact) mass is 358 g/mol. The van der Waals surface area contributed by atoms with E-state index in [0.717, 1.165) is 0 Å². The minimum absolute atomic E-state index is 0.134. The molecule has 1 fully saturated rings. The summed E-state index contributed by atoms with van der Waals surface area (Å²) in [6.45, 7) is 1.51. The number of aliphatic hydroxyl groups is 2. The van der Waals surface area contributed by atoms with E-state index in [1.165, 1.54) is 0 Å². The number of hydrogen-bond donors (Lipinski definition) is 2. The number of rotatable bonds is 3. The topological polar surface area (TPSA) is 66.8 Å². The third-order valence-corrected chi connectivity index (χ3v) is 6.00. The number of carbonyl (C=O) groups excluding carboxylic acids is 1. The first-order chi connectivity index (χ1) is 11.9. The Hall–Kier alpha value is -1.72. The summed E-state index contributed by atoms with van der Waals surface area (Å²) < 4.78 is 6.17. The first kappa shape index (κ1) is 16.7. The highest BCUT2D eigenvalue weighted by molar-refractivity contribution is 6.30. The van der Waals surface area contributed by atoms with Gasteiger partial charge in [0.1, 0.15) is 5.60 Å². The van der Waals surface area contributed by atoms with Gasteiger partial charge in [0.05, 0.1) is 12.0 Å². The van der Waals surface area contributed by atoms with Gasteiger partial charge < -0.3 is 14.9 Å². The standard InChI is InChI=1S/C20H19ClO4/c1-2-18-11-19(12-22,13-6-5-7-14(21)10-13)25-20(18,24)16-9-4-3-8-15(16)17(18)23/h3-10,22,24H,2,11-12H2,1H3/t18-,19-,20+/m1/s1. The van der Waals surface area contributed by atoms with E-state index in [0.29, 0.717) is 28.1 Å². The predicted octanol–water partition coefficient (Wildman–Crippen LogP) is 3.39. The van der Waals surface area contributed by atoms with Crippen LogP contribution in [0, 0.1) is 5.41 Å². The lowest BCUT2D eigenvalue weighted by Crippen LogP contribution is -2.41. The third kappa shape index (κ3) is 1.97. The van der Waals surface area contributed by atoms with Gasteiger partial charge in [-0.1, -0.05) is 54.9 Å². The van der Waals surface area contributed by atoms with Crippen molar-refractivity contribution in [2.24, 2.45) is 5.41 Å². The Kier molecular flexibility index (Phi) is 3.61. The zero-order valence-corrected chi connectivity index (χ0v) is 14.6. The van der Waals surface area contributed by atoms with Crippen LogP contribution in [0.2, 0.25) is 5.02 Å². The third-order valence-electron chi connectivity index (χ3n) is 5.76. The molecule has 2 aromatic rings. The highest BCUT2D eigenvalue weighted by atomic mass is 35.5. The molecule has 1 aliphatic carbocycles. The van der Waals surface area contributed by atoms with E-state index in [1.807, 2.05) is 6.92 Å². The molecule has 2 aliphatic rings. The molecule has 0 unspecified atom stereocenters. The number of fused-ring (bicyclic) bond motifs is 3. The molecule has 0 bridgehead atoms. The average Bonchev–Trinajstić information content (AvgIpc) is 3.01. The molecule has 0 saturated carbocycles. The maximum Gasteiger partial charge on any atom is 0.207 e. The van der Waals surface area contributed by atoms with E-state index < -0.39 is 16.8 Å². The number of carbonyl (C=O) groups is 1. The van der Waals surface area contributed by atoms with E-state index in [-0.39, 0.29) is 18.8 Å². The van der Waals surface area contributed by atoms with Crippen molar-refractivity contribution in [3.05, 3.63) is 70.2 Å². The van der Waals surface area contributed by atoms with E-state index >= 15 is 0 Å². The Balaban J connectivity index is 1.93. The summed E-state index contributed by atoms with van der Waals surface area (Å²) in [5.41, 5.74) is -0.687. The zero-order chi connectivity index (χ0) is 17.9. The molecule has 1 aliphatic heterocycles. The summed E-state index contributed by atoms with van der Waals surface area (Å²) in [5.74, 6) is -1.90. The second-order valence-corrected chi connectivity index (χ2v) is 7.33. The largest absolute Gasteiger partial charge is 0.393 e. The molecular formula is C20H19ClO4. The fourth-order valence-electron chi connectivity index (χ4n) is 4.44. The van der Waals surface area contributed by atoms with Crippen LogP contribution in [0.3, 0.4) is 0 Å². The van der Waals surface area contributed by atoms with Gasteiger partial charge >= 0.3 is 0 Å². The van der Waals surface area contributed by atoms with Crippen molar-refractivity contribution in [2.75, 3.05) is 6.61 Å². The number of Topliss-reactive ketones (excluding diaryl/α,β-unsaturated/α-hetero) is 1. The molecule has 4 rings (SSSR count). The Morgan fingerprint density at radius 1 is 1.20 bits per heavy atom. The molecule has 0 spiro atoms. The molecule has 2 aromatic carbocycles. The quantitative estimate of drug-likeness (QED) is 0.882. The first-order valence-corrected chi connectivity index (χ1v) is 8.74. The Morgan fingerprint density at radius 3 is 2.64 bits per heavy atom. The van der Waals surface area contributed by atoms with Crippen LogP contribution in [0.1, 0.15) is 41.3 Å². The number of ether oxygens (including phenoxy) is 1. The van der Waals surface area contributed by atoms with Gasteiger partial charge in [0, 0.05) is 22.6 Å². The number of benzene rings is 2. The van der Waals surface area contributed by atoms with Crippen molar-refractivity contribution in [1.82, 2.24) is 0 Å². The van der Waals surface area contributed by atoms with Crippen LogP contribution >= 0.6 is 11.6 Å². The van der Waals surface area contributed by atoms with Crippen LogP contribution < -0.4 is 0 Å². The molecule has 4 nitrogen and oxygen atoms in total. The molecule has 0 radical (unpaired) electrons. The minimum atomic E-state index is -1.76. The van der Waals surface area contributed by atoms with Crippen LogP contribution in [0.25, 0.3) is 0 Å². The second-order valence-electron chi connectivity index (χ2n) is 6.90. The zero-order valence-electron chi connectivity index (χ0n) is 13.8. The van der Waals surface area contributed by atoms with Gasteiger partial charge in [0.2, 0.25) is 5.79 Å². The normalized spacial score (nSPS) is 33.4. The summed E-state index contributed by atoms with van der Waals surface area (Å²) in [6, 6.07) is 14.0. The van der Waals surface area contributed by atoms with Crippen molar-refractivity contribution in [1.29, 1.82) is 0 Å². The Labute approximate surface area is 151 Å². The van der Waals surface area contributed by atoms with Crippen molar-refractivity contribution < 1.29 is 19.7 Å². The van der Waals surface area contributed by atoms with Crippen LogP contribution in [0.5, 0.6) is 0 Å². The van der Waals surface area contributed by atoms with E-state index in [4.69, 9.17) is 16.3 Å². The molecule has 25 heavy (non-hydrogen) atoms. The molecular weight excluding hydrogens is 340 g/mol. The summed E-state index contributed by atoms with van der Waals surface area (Å²) in [6.07, 6.45) is 0.594. The fourth-order valence-corrected chi connectivity index (χ4v) is 4.63. The molecule has 130 valence electrons. The Morgan fingerprint density at radius 2 is 1.96 bits per heavy atom. The lowest BCUT2D eigenvalue weighted by molar-refractivity contribution is -0.265. The first-order valence-electron chi connectivity index (χ1n) is 8.36. The molecule has 0 aromatic heterocycles. The maximum atomic E-state index is 13.2. The highest BCUT2D eigenvalue weighted by Crippen LogP contribution is 2.65. The van der Waals surface area contributed by atoms with E-state index in [9.17, 15) is 15.0 Å². The van der Waals surface area contributed by atoms with Crippen molar-refractivity contribution in [3.63, 3.8) is 0 Å². The highest BCUT2D eigenvalue weighted by Gasteiger charge is 2.72. The molecule has 5 heteroatoms. The summed E-state index contributed by atoms with van der Waals surface area (Å²) in [5, 5.41) is 22.2. The van der Waals surface area contributed by atoms with Crippen LogP contribution in [-0.2, 0) is 16.1 Å². The number of hydrogen-bond acceptors (Lipinski definition) is 4. The van der Waals surface area contributed by atoms with Gasteiger partial charge in [-0.05, 0) is 24.1 Å². The van der Waals surface area contributed by atoms with Crippen molar-refractivity contribution in [2.45, 2.75) is 31.2 Å². The summed E-state index contributed by atoms with van der Waals surface area (Å²) >= 11 is 6.11. The smallest absolute Gasteiger partial charge is 0.207 e. The number of halogens is 1. The molecule has 1 heterocycles. The van der Waals surface area contributed by atoms with Gasteiger partial charge in [-0.2, -0.15) is 0 Å². The second kappa shape index (κ2) is 5.39. The minimum Gasteiger partial charge on any atom is -0.393 e. The number of ketones is 1. The van der Waals surface area contributed by atoms with Gasteiger partial charge in [-0.3, -0.25) is 4.79 Å². The van der Waals surface area contributed by atoms with Crippen molar-refractivity contribution >= 4 is 17.4 Å². The SMILES string of the molecule is CC[C@]12C[C@@](CO)(c3cccc(Cl)c3)O[C@@]1(O)c1ccccc1C2=O. The van der Waals surface area contributed by atoms with E-state index in [2.05, 4.69) is 0 Å². The molecule has 1 saturated heterocycles. The molecule has 2 N–H and O–H groups in total. The number of aliphatic hydroxyl groups excluding tert-OH is 1. The van der Waals surface area contributed by atoms with Gasteiger partial charge in [0.15, 0.2) is 5.78 Å². The predicted molar refractivity (Wildman–Crippen MR) is 93.3 cm³/mol. The fraction of sp³-hybridized carbons (Fsp3) is 0.350. The summed E-state index contributed by atoms with van der Waals surface area (Å²) in [7, 11) is 0. The van der Waals surface area contributed by atoms with Gasteiger partial charge in [0.25, 0.3) is 0 Å². The Bertz CT molecular complexity index is 866. The van der Waals surface area contributed by atoms with Gasteiger partial charge in [-0.25, -0.2) is 0 Å². The lowest BCUT2D eigenvalue weighted by Gasteiger charge is -2.33. The average molecular weight is 359 g/mol. The summed E-state index contributed by atoms with van der Waals surface area (Å²) in [4.78, 5) is 13.2.